The topological polar surface area (TPSA) is 50.1 Å². The van der Waals surface area contributed by atoms with Crippen molar-refractivity contribution in [3.05, 3.63) is 64.6 Å². The Labute approximate surface area is 196 Å². The molecular formula is C27H34N4O2. The summed E-state index contributed by atoms with van der Waals surface area (Å²) in [5.41, 5.74) is 8.39. The number of ether oxygens (including phenoxy) is 1. The standard InChI is InChI=1S/C27H34N4O2/c1-3-29-16-18-30(19-17-29)24-12-10-20(22-6-4-5-7-23(22)24)8-9-21-11-13-25-28-14-15-31(25)26(21)27(32)33-2/h10-15H,3-9,16-19H2,1-2H3. The van der Waals surface area contributed by atoms with Crippen molar-refractivity contribution in [2.24, 2.45) is 0 Å². The number of anilines is 1. The summed E-state index contributed by atoms with van der Waals surface area (Å²) in [5.74, 6) is -0.308. The third-order valence-electron chi connectivity index (χ3n) is 7.46. The summed E-state index contributed by atoms with van der Waals surface area (Å²) in [5, 5.41) is 0. The van der Waals surface area contributed by atoms with Crippen LogP contribution in [0.15, 0.2) is 36.7 Å². The number of carbonyl (C=O) groups is 1. The number of hydrogen-bond donors (Lipinski definition) is 0. The van der Waals surface area contributed by atoms with E-state index >= 15 is 0 Å². The van der Waals surface area contributed by atoms with E-state index < -0.39 is 0 Å². The minimum absolute atomic E-state index is 0.308. The number of aromatic nitrogens is 2. The highest BCUT2D eigenvalue weighted by Crippen LogP contribution is 2.34. The molecule has 0 bridgehead atoms. The van der Waals surface area contributed by atoms with Gasteiger partial charge in [0.25, 0.3) is 0 Å². The first-order chi connectivity index (χ1) is 16.2. The Kier molecular flexibility index (Phi) is 6.36. The van der Waals surface area contributed by atoms with Crippen LogP contribution in [0.25, 0.3) is 5.65 Å². The van der Waals surface area contributed by atoms with E-state index in [1.54, 1.807) is 17.3 Å². The zero-order chi connectivity index (χ0) is 22.8. The smallest absolute Gasteiger partial charge is 0.355 e. The number of benzene rings is 1. The Hall–Kier alpha value is -2.86. The van der Waals surface area contributed by atoms with Crippen LogP contribution in [0.4, 0.5) is 5.69 Å². The number of fused-ring (bicyclic) bond motifs is 2. The number of pyridine rings is 1. The molecule has 1 aromatic carbocycles. The summed E-state index contributed by atoms with van der Waals surface area (Å²) < 4.78 is 6.94. The van der Waals surface area contributed by atoms with Crippen LogP contribution in [0.3, 0.4) is 0 Å². The van der Waals surface area contributed by atoms with E-state index in [2.05, 4.69) is 33.8 Å². The zero-order valence-electron chi connectivity index (χ0n) is 19.8. The van der Waals surface area contributed by atoms with E-state index in [1.807, 2.05) is 22.7 Å². The number of imidazole rings is 1. The number of hydrogen-bond acceptors (Lipinski definition) is 5. The van der Waals surface area contributed by atoms with Crippen LogP contribution in [0.1, 0.15) is 52.5 Å². The van der Waals surface area contributed by atoms with Crippen molar-refractivity contribution < 1.29 is 9.53 Å². The Bertz CT molecular complexity index is 1140. The van der Waals surface area contributed by atoms with Gasteiger partial charge in [0.1, 0.15) is 11.3 Å². The molecule has 5 rings (SSSR count). The van der Waals surface area contributed by atoms with Gasteiger partial charge < -0.3 is 14.5 Å². The minimum Gasteiger partial charge on any atom is -0.464 e. The summed E-state index contributed by atoms with van der Waals surface area (Å²) in [6.07, 6.45) is 10.2. The fourth-order valence-electron chi connectivity index (χ4n) is 5.59. The van der Waals surface area contributed by atoms with Crippen LogP contribution in [0.5, 0.6) is 0 Å². The largest absolute Gasteiger partial charge is 0.464 e. The molecule has 0 radical (unpaired) electrons. The normalized spacial score (nSPS) is 16.7. The summed E-state index contributed by atoms with van der Waals surface area (Å²) in [6.45, 7) is 7.94. The van der Waals surface area contributed by atoms with Gasteiger partial charge in [0.15, 0.2) is 0 Å². The lowest BCUT2D eigenvalue weighted by Gasteiger charge is -2.38. The monoisotopic (exact) mass is 446 g/mol. The Morgan fingerprint density at radius 1 is 0.970 bits per heavy atom. The molecule has 1 fully saturated rings. The summed E-state index contributed by atoms with van der Waals surface area (Å²) in [6, 6.07) is 8.72. The average Bonchev–Trinajstić information content (AvgIpc) is 3.35. The van der Waals surface area contributed by atoms with E-state index in [1.165, 1.54) is 37.6 Å². The Morgan fingerprint density at radius 2 is 1.70 bits per heavy atom. The molecule has 0 amide bonds. The molecule has 0 atom stereocenters. The molecule has 6 heteroatoms. The van der Waals surface area contributed by atoms with E-state index in [0.717, 1.165) is 63.2 Å². The third kappa shape index (κ3) is 4.24. The number of carbonyl (C=O) groups excluding carboxylic acids is 1. The Balaban J connectivity index is 1.41. The molecule has 0 spiro atoms. The molecular weight excluding hydrogens is 412 g/mol. The van der Waals surface area contributed by atoms with Crippen molar-refractivity contribution in [2.75, 3.05) is 44.7 Å². The predicted molar refractivity (Wildman–Crippen MR) is 131 cm³/mol. The maximum absolute atomic E-state index is 12.6. The van der Waals surface area contributed by atoms with E-state index in [0.29, 0.717) is 5.69 Å². The fourth-order valence-corrected chi connectivity index (χ4v) is 5.59. The molecule has 0 N–H and O–H groups in total. The van der Waals surface area contributed by atoms with Gasteiger partial charge in [-0.2, -0.15) is 0 Å². The lowest BCUT2D eigenvalue weighted by Crippen LogP contribution is -2.46. The van der Waals surface area contributed by atoms with Crippen LogP contribution in [0, 0.1) is 0 Å². The molecule has 0 unspecified atom stereocenters. The second kappa shape index (κ2) is 9.56. The van der Waals surface area contributed by atoms with Crippen LogP contribution in [-0.2, 0) is 30.4 Å². The van der Waals surface area contributed by atoms with Crippen molar-refractivity contribution in [3.8, 4) is 0 Å². The van der Waals surface area contributed by atoms with Crippen molar-refractivity contribution in [1.29, 1.82) is 0 Å². The molecule has 2 aromatic heterocycles. The van der Waals surface area contributed by atoms with Crippen molar-refractivity contribution in [3.63, 3.8) is 0 Å². The predicted octanol–water partition coefficient (Wildman–Crippen LogP) is 3.93. The van der Waals surface area contributed by atoms with Crippen LogP contribution in [-0.4, -0.2) is 60.1 Å². The molecule has 1 aliphatic heterocycles. The second-order valence-corrected chi connectivity index (χ2v) is 9.18. The average molecular weight is 447 g/mol. The Morgan fingerprint density at radius 3 is 2.45 bits per heavy atom. The summed E-state index contributed by atoms with van der Waals surface area (Å²) in [7, 11) is 1.44. The molecule has 2 aliphatic rings. The number of piperazine rings is 1. The van der Waals surface area contributed by atoms with Gasteiger partial charge in [-0.3, -0.25) is 4.40 Å². The van der Waals surface area contributed by atoms with Gasteiger partial charge >= 0.3 is 5.97 Å². The fraction of sp³-hybridized carbons (Fsp3) is 0.481. The molecule has 3 heterocycles. The summed E-state index contributed by atoms with van der Waals surface area (Å²) >= 11 is 0. The highest BCUT2D eigenvalue weighted by Gasteiger charge is 2.23. The highest BCUT2D eigenvalue weighted by atomic mass is 16.5. The molecule has 174 valence electrons. The van der Waals surface area contributed by atoms with Gasteiger partial charge in [-0.05, 0) is 79.5 Å². The molecule has 1 saturated heterocycles. The minimum atomic E-state index is -0.308. The van der Waals surface area contributed by atoms with E-state index in [4.69, 9.17) is 4.74 Å². The number of nitrogens with zero attached hydrogens (tertiary/aromatic N) is 4. The van der Waals surface area contributed by atoms with Crippen molar-refractivity contribution in [2.45, 2.75) is 45.4 Å². The van der Waals surface area contributed by atoms with Gasteiger partial charge in [0, 0.05) is 44.3 Å². The van der Waals surface area contributed by atoms with Crippen molar-refractivity contribution >= 4 is 17.3 Å². The number of aryl methyl sites for hydroxylation is 2. The quantitative estimate of drug-likeness (QED) is 0.537. The molecule has 33 heavy (non-hydrogen) atoms. The van der Waals surface area contributed by atoms with Crippen LogP contribution in [0.2, 0.25) is 0 Å². The van der Waals surface area contributed by atoms with Gasteiger partial charge in [0.2, 0.25) is 0 Å². The van der Waals surface area contributed by atoms with Gasteiger partial charge in [0.05, 0.1) is 7.11 Å². The number of methoxy groups -OCH3 is 1. The summed E-state index contributed by atoms with van der Waals surface area (Å²) in [4.78, 5) is 22.0. The van der Waals surface area contributed by atoms with E-state index in [9.17, 15) is 4.79 Å². The maximum atomic E-state index is 12.6. The second-order valence-electron chi connectivity index (χ2n) is 9.18. The molecule has 1 aliphatic carbocycles. The molecule has 0 saturated carbocycles. The number of likely N-dealkylation sites (N-methyl/N-ethyl adjacent to an activating group) is 1. The first kappa shape index (κ1) is 22.0. The SMILES string of the molecule is CCN1CCN(c2ccc(CCc3ccc4nccn4c3C(=O)OC)c3c2CCCC3)CC1. The van der Waals surface area contributed by atoms with Gasteiger partial charge in [-0.1, -0.05) is 19.1 Å². The van der Waals surface area contributed by atoms with Gasteiger partial charge in [-0.25, -0.2) is 9.78 Å². The maximum Gasteiger partial charge on any atom is 0.355 e. The molecule has 3 aromatic rings. The highest BCUT2D eigenvalue weighted by molar-refractivity contribution is 5.90. The zero-order valence-corrected chi connectivity index (χ0v) is 19.8. The number of esters is 1. The lowest BCUT2D eigenvalue weighted by molar-refractivity contribution is 0.0591. The first-order valence-electron chi connectivity index (χ1n) is 12.3. The van der Waals surface area contributed by atoms with Crippen LogP contribution < -0.4 is 4.90 Å². The molecule has 6 nitrogen and oxygen atoms in total. The lowest BCUT2D eigenvalue weighted by atomic mass is 9.84. The first-order valence-corrected chi connectivity index (χ1v) is 12.3. The third-order valence-corrected chi connectivity index (χ3v) is 7.46. The number of rotatable bonds is 6. The van der Waals surface area contributed by atoms with E-state index in [-0.39, 0.29) is 5.97 Å². The van der Waals surface area contributed by atoms with Crippen molar-refractivity contribution in [1.82, 2.24) is 14.3 Å². The van der Waals surface area contributed by atoms with Crippen LogP contribution >= 0.6 is 0 Å². The van der Waals surface area contributed by atoms with Gasteiger partial charge in [-0.15, -0.1) is 0 Å².